The molecule has 0 radical (unpaired) electrons. The third kappa shape index (κ3) is 4.14. The molecule has 8 nitrogen and oxygen atoms in total. The van der Waals surface area contributed by atoms with Crippen molar-refractivity contribution in [2.45, 2.75) is 25.0 Å². The molecule has 9 heteroatoms. The standard InChI is InChI=1S/C12H20N2O6S/c1-12(7-13-8-12)20-5-10(15)14-2-3-21(18,19)6-9(14)4-11(16)17/h9,13H,2-8H2,1H3,(H,16,17). The number of hydrogen-bond donors (Lipinski definition) is 2. The van der Waals surface area contributed by atoms with Crippen molar-refractivity contribution in [3.05, 3.63) is 0 Å². The van der Waals surface area contributed by atoms with Gasteiger partial charge in [0.1, 0.15) is 6.61 Å². The summed E-state index contributed by atoms with van der Waals surface area (Å²) in [5.41, 5.74) is -0.375. The maximum absolute atomic E-state index is 12.2. The van der Waals surface area contributed by atoms with Gasteiger partial charge in [0, 0.05) is 19.6 Å². The second-order valence-corrected chi connectivity index (χ2v) is 8.02. The summed E-state index contributed by atoms with van der Waals surface area (Å²) in [5, 5.41) is 11.9. The number of aliphatic carboxylic acids is 1. The van der Waals surface area contributed by atoms with Gasteiger partial charge in [0.05, 0.1) is 29.6 Å². The number of carboxylic acid groups (broad SMARTS) is 1. The third-order valence-corrected chi connectivity index (χ3v) is 5.50. The lowest BCUT2D eigenvalue weighted by atomic mass is 10.0. The molecule has 120 valence electrons. The van der Waals surface area contributed by atoms with Gasteiger partial charge in [0.25, 0.3) is 0 Å². The Morgan fingerprint density at radius 3 is 2.62 bits per heavy atom. The smallest absolute Gasteiger partial charge is 0.305 e. The Balaban J connectivity index is 1.97. The summed E-state index contributed by atoms with van der Waals surface area (Å²) in [6.07, 6.45) is -0.371. The second kappa shape index (κ2) is 5.90. The van der Waals surface area contributed by atoms with Gasteiger partial charge in [-0.2, -0.15) is 0 Å². The van der Waals surface area contributed by atoms with E-state index in [1.807, 2.05) is 6.92 Å². The van der Waals surface area contributed by atoms with E-state index in [-0.39, 0.29) is 42.6 Å². The van der Waals surface area contributed by atoms with Gasteiger partial charge in [0.2, 0.25) is 5.91 Å². The summed E-state index contributed by atoms with van der Waals surface area (Å²) < 4.78 is 28.8. The summed E-state index contributed by atoms with van der Waals surface area (Å²) in [4.78, 5) is 24.4. The first kappa shape index (κ1) is 16.2. The maximum Gasteiger partial charge on any atom is 0.305 e. The van der Waals surface area contributed by atoms with Gasteiger partial charge < -0.3 is 20.1 Å². The summed E-state index contributed by atoms with van der Waals surface area (Å²) >= 11 is 0. The molecule has 2 heterocycles. The van der Waals surface area contributed by atoms with E-state index in [1.54, 1.807) is 0 Å². The Labute approximate surface area is 123 Å². The molecule has 0 aromatic carbocycles. The molecule has 2 fully saturated rings. The molecule has 1 unspecified atom stereocenters. The van der Waals surface area contributed by atoms with E-state index in [0.29, 0.717) is 13.1 Å². The number of nitrogens with zero attached hydrogens (tertiary/aromatic N) is 1. The van der Waals surface area contributed by atoms with Gasteiger partial charge in [-0.1, -0.05) is 0 Å². The predicted molar refractivity (Wildman–Crippen MR) is 73.6 cm³/mol. The number of sulfone groups is 1. The molecule has 2 aliphatic rings. The first-order valence-electron chi connectivity index (χ1n) is 6.77. The van der Waals surface area contributed by atoms with Crippen LogP contribution in [0.25, 0.3) is 0 Å². The van der Waals surface area contributed by atoms with Crippen LogP contribution in [-0.2, 0) is 24.2 Å². The van der Waals surface area contributed by atoms with Crippen molar-refractivity contribution in [3.8, 4) is 0 Å². The number of nitrogens with one attached hydrogen (secondary N) is 1. The highest BCUT2D eigenvalue weighted by molar-refractivity contribution is 7.91. The van der Waals surface area contributed by atoms with Crippen LogP contribution in [0.2, 0.25) is 0 Å². The minimum atomic E-state index is -3.29. The van der Waals surface area contributed by atoms with Crippen molar-refractivity contribution < 1.29 is 27.9 Å². The van der Waals surface area contributed by atoms with E-state index in [9.17, 15) is 18.0 Å². The average molecular weight is 320 g/mol. The number of hydrogen-bond acceptors (Lipinski definition) is 6. The zero-order chi connectivity index (χ0) is 15.7. The van der Waals surface area contributed by atoms with E-state index in [0.717, 1.165) is 0 Å². The van der Waals surface area contributed by atoms with Crippen LogP contribution in [0, 0.1) is 0 Å². The molecule has 1 atom stereocenters. The molecule has 0 saturated carbocycles. The molecular formula is C12H20N2O6S. The van der Waals surface area contributed by atoms with Crippen LogP contribution in [0.15, 0.2) is 0 Å². The number of carbonyl (C=O) groups excluding carboxylic acids is 1. The highest BCUT2D eigenvalue weighted by Crippen LogP contribution is 2.18. The monoisotopic (exact) mass is 320 g/mol. The van der Waals surface area contributed by atoms with Crippen molar-refractivity contribution in [2.75, 3.05) is 37.7 Å². The van der Waals surface area contributed by atoms with Crippen molar-refractivity contribution in [2.24, 2.45) is 0 Å². The molecule has 0 spiro atoms. The Morgan fingerprint density at radius 2 is 2.10 bits per heavy atom. The lowest BCUT2D eigenvalue weighted by Crippen LogP contribution is -2.60. The predicted octanol–water partition coefficient (Wildman–Crippen LogP) is -1.53. The van der Waals surface area contributed by atoms with Gasteiger partial charge in [-0.3, -0.25) is 9.59 Å². The largest absolute Gasteiger partial charge is 0.481 e. The van der Waals surface area contributed by atoms with Gasteiger partial charge in [-0.25, -0.2) is 8.42 Å². The third-order valence-electron chi connectivity index (χ3n) is 3.80. The first-order chi connectivity index (χ1) is 9.71. The summed E-state index contributed by atoms with van der Waals surface area (Å²) in [6.45, 7) is 3.07. The van der Waals surface area contributed by atoms with Crippen LogP contribution in [0.1, 0.15) is 13.3 Å². The van der Waals surface area contributed by atoms with E-state index in [4.69, 9.17) is 9.84 Å². The maximum atomic E-state index is 12.2. The van der Waals surface area contributed by atoms with E-state index in [1.165, 1.54) is 4.90 Å². The highest BCUT2D eigenvalue weighted by atomic mass is 32.2. The second-order valence-electron chi connectivity index (χ2n) is 5.80. The molecule has 2 N–H and O–H groups in total. The van der Waals surface area contributed by atoms with E-state index in [2.05, 4.69) is 5.32 Å². The zero-order valence-electron chi connectivity index (χ0n) is 11.9. The lowest BCUT2D eigenvalue weighted by molar-refractivity contribution is -0.149. The number of carboxylic acids is 1. The molecule has 0 aromatic heterocycles. The lowest BCUT2D eigenvalue weighted by Gasteiger charge is -2.40. The van der Waals surface area contributed by atoms with Crippen molar-refractivity contribution in [1.29, 1.82) is 0 Å². The molecule has 21 heavy (non-hydrogen) atoms. The van der Waals surface area contributed by atoms with Gasteiger partial charge in [-0.05, 0) is 6.92 Å². The SMILES string of the molecule is CC1(OCC(=O)N2CCS(=O)(=O)CC2CC(=O)O)CNC1. The summed E-state index contributed by atoms with van der Waals surface area (Å²) in [6, 6.07) is -0.815. The van der Waals surface area contributed by atoms with E-state index >= 15 is 0 Å². The van der Waals surface area contributed by atoms with Crippen LogP contribution in [0.3, 0.4) is 0 Å². The number of carbonyl (C=O) groups is 2. The van der Waals surface area contributed by atoms with Crippen LogP contribution in [0.5, 0.6) is 0 Å². The van der Waals surface area contributed by atoms with Crippen LogP contribution in [0.4, 0.5) is 0 Å². The number of amides is 1. The average Bonchev–Trinajstić information content (AvgIpc) is 2.32. The molecule has 2 saturated heterocycles. The minimum Gasteiger partial charge on any atom is -0.481 e. The number of rotatable bonds is 5. The summed E-state index contributed by atoms with van der Waals surface area (Å²) in [7, 11) is -3.29. The van der Waals surface area contributed by atoms with Crippen LogP contribution in [-0.4, -0.2) is 79.7 Å². The summed E-state index contributed by atoms with van der Waals surface area (Å²) in [5.74, 6) is -1.91. The van der Waals surface area contributed by atoms with Crippen molar-refractivity contribution in [1.82, 2.24) is 10.2 Å². The fraction of sp³-hybridized carbons (Fsp3) is 0.833. The minimum absolute atomic E-state index is 0.0252. The molecule has 0 aromatic rings. The normalized spacial score (nSPS) is 26.9. The molecule has 0 aliphatic carbocycles. The highest BCUT2D eigenvalue weighted by Gasteiger charge is 2.37. The molecule has 2 aliphatic heterocycles. The Bertz CT molecular complexity index is 528. The van der Waals surface area contributed by atoms with Gasteiger partial charge >= 0.3 is 5.97 Å². The zero-order valence-corrected chi connectivity index (χ0v) is 12.7. The Kier molecular flexibility index (Phi) is 4.54. The first-order valence-corrected chi connectivity index (χ1v) is 8.59. The van der Waals surface area contributed by atoms with E-state index < -0.39 is 21.8 Å². The molecule has 1 amide bonds. The van der Waals surface area contributed by atoms with Crippen LogP contribution < -0.4 is 5.32 Å². The van der Waals surface area contributed by atoms with Crippen LogP contribution >= 0.6 is 0 Å². The van der Waals surface area contributed by atoms with Gasteiger partial charge in [-0.15, -0.1) is 0 Å². The molecule has 0 bridgehead atoms. The van der Waals surface area contributed by atoms with Gasteiger partial charge in [0.15, 0.2) is 9.84 Å². The molecule has 2 rings (SSSR count). The fourth-order valence-corrected chi connectivity index (χ4v) is 4.01. The fourth-order valence-electron chi connectivity index (χ4n) is 2.48. The Hall–Kier alpha value is -1.19. The molecular weight excluding hydrogens is 300 g/mol. The Morgan fingerprint density at radius 1 is 1.43 bits per heavy atom. The number of ether oxygens (including phenoxy) is 1. The topological polar surface area (TPSA) is 113 Å². The quantitative estimate of drug-likeness (QED) is 0.631. The van der Waals surface area contributed by atoms with Crippen molar-refractivity contribution >= 4 is 21.7 Å². The van der Waals surface area contributed by atoms with Crippen molar-refractivity contribution in [3.63, 3.8) is 0 Å².